The van der Waals surface area contributed by atoms with Gasteiger partial charge in [0.1, 0.15) is 5.75 Å². The van der Waals surface area contributed by atoms with E-state index in [1.54, 1.807) is 11.3 Å². The first kappa shape index (κ1) is 11.7. The van der Waals surface area contributed by atoms with Crippen LogP contribution >= 0.6 is 11.3 Å². The summed E-state index contributed by atoms with van der Waals surface area (Å²) in [4.78, 5) is 6.06. The van der Waals surface area contributed by atoms with Crippen LogP contribution in [0.1, 0.15) is 15.4 Å². The van der Waals surface area contributed by atoms with Gasteiger partial charge in [-0.25, -0.2) is 4.98 Å². The molecule has 18 heavy (non-hydrogen) atoms. The Bertz CT molecular complexity index is 577. The molecule has 3 rings (SSSR count). The van der Waals surface area contributed by atoms with Crippen LogP contribution < -0.4 is 10.5 Å². The maximum Gasteiger partial charge on any atom is 0.131 e. The van der Waals surface area contributed by atoms with Crippen molar-refractivity contribution in [3.8, 4) is 17.0 Å². The zero-order chi connectivity index (χ0) is 12.5. The van der Waals surface area contributed by atoms with Crippen molar-refractivity contribution in [1.82, 2.24) is 4.98 Å². The predicted molar refractivity (Wildman–Crippen MR) is 74.2 cm³/mol. The fraction of sp³-hybridized carbons (Fsp3) is 0.357. The third-order valence-electron chi connectivity index (χ3n) is 3.14. The maximum atomic E-state index is 5.86. The third-order valence-corrected chi connectivity index (χ3v) is 4.32. The van der Waals surface area contributed by atoms with Gasteiger partial charge in [-0.2, -0.15) is 0 Å². The van der Waals surface area contributed by atoms with Gasteiger partial charge in [0.05, 0.1) is 17.3 Å². The van der Waals surface area contributed by atoms with E-state index in [9.17, 15) is 0 Å². The van der Waals surface area contributed by atoms with Gasteiger partial charge in [0.15, 0.2) is 0 Å². The number of fused-ring (bicyclic) bond motifs is 3. The first-order chi connectivity index (χ1) is 8.79. The second-order valence-corrected chi connectivity index (χ2v) is 5.64. The van der Waals surface area contributed by atoms with Gasteiger partial charge < -0.3 is 10.5 Å². The van der Waals surface area contributed by atoms with Crippen molar-refractivity contribution in [2.45, 2.75) is 19.8 Å². The Morgan fingerprint density at radius 1 is 1.44 bits per heavy atom. The minimum absolute atomic E-state index is 0.656. The van der Waals surface area contributed by atoms with E-state index in [1.165, 1.54) is 10.4 Å². The molecule has 2 heterocycles. The molecule has 0 fully saturated rings. The van der Waals surface area contributed by atoms with Crippen LogP contribution in [0, 0.1) is 6.92 Å². The number of para-hydroxylation sites is 1. The summed E-state index contributed by atoms with van der Waals surface area (Å²) in [5.74, 6) is 0.987. The van der Waals surface area contributed by atoms with E-state index in [2.05, 4.69) is 25.1 Å². The van der Waals surface area contributed by atoms with Crippen LogP contribution in [0.3, 0.4) is 0 Å². The van der Waals surface area contributed by atoms with Gasteiger partial charge in [-0.15, -0.1) is 11.3 Å². The molecule has 1 aliphatic heterocycles. The van der Waals surface area contributed by atoms with E-state index >= 15 is 0 Å². The quantitative estimate of drug-likeness (QED) is 0.902. The number of rotatable bonds is 2. The number of hydrogen-bond acceptors (Lipinski definition) is 4. The second kappa shape index (κ2) is 4.71. The van der Waals surface area contributed by atoms with E-state index in [0.29, 0.717) is 6.54 Å². The van der Waals surface area contributed by atoms with Crippen molar-refractivity contribution in [2.75, 3.05) is 13.2 Å². The van der Waals surface area contributed by atoms with Gasteiger partial charge >= 0.3 is 0 Å². The smallest absolute Gasteiger partial charge is 0.131 e. The Kier molecular flexibility index (Phi) is 3.06. The fourth-order valence-corrected chi connectivity index (χ4v) is 3.37. The third kappa shape index (κ3) is 1.91. The largest absolute Gasteiger partial charge is 0.492 e. The van der Waals surface area contributed by atoms with E-state index in [-0.39, 0.29) is 0 Å². The summed E-state index contributed by atoms with van der Waals surface area (Å²) in [5, 5.41) is 1.14. The lowest BCUT2D eigenvalue weighted by atomic mass is 10.1. The molecule has 0 amide bonds. The number of thiazole rings is 1. The van der Waals surface area contributed by atoms with Crippen LogP contribution in [0.5, 0.6) is 5.75 Å². The molecule has 0 bridgehead atoms. The summed E-state index contributed by atoms with van der Waals surface area (Å²) in [5.41, 5.74) is 9.01. The highest BCUT2D eigenvalue weighted by Crippen LogP contribution is 2.39. The van der Waals surface area contributed by atoms with Crippen molar-refractivity contribution < 1.29 is 4.74 Å². The fourth-order valence-electron chi connectivity index (χ4n) is 2.29. The molecular weight excluding hydrogens is 244 g/mol. The van der Waals surface area contributed by atoms with Gasteiger partial charge in [-0.3, -0.25) is 0 Å². The number of ether oxygens (including phenoxy) is 1. The van der Waals surface area contributed by atoms with Crippen molar-refractivity contribution in [2.24, 2.45) is 5.73 Å². The first-order valence-electron chi connectivity index (χ1n) is 6.21. The number of nitrogens with zero attached hydrogens (tertiary/aromatic N) is 1. The Hall–Kier alpha value is -1.39. The van der Waals surface area contributed by atoms with Crippen molar-refractivity contribution in [3.05, 3.63) is 33.6 Å². The number of benzene rings is 1. The molecule has 0 atom stereocenters. The number of hydrogen-bond donors (Lipinski definition) is 1. The number of aromatic nitrogens is 1. The lowest BCUT2D eigenvalue weighted by Crippen LogP contribution is -2.02. The van der Waals surface area contributed by atoms with E-state index < -0.39 is 0 Å². The van der Waals surface area contributed by atoms with E-state index in [0.717, 1.165) is 41.5 Å². The molecule has 0 saturated heterocycles. The average Bonchev–Trinajstić information content (AvgIpc) is 2.67. The zero-order valence-corrected chi connectivity index (χ0v) is 11.2. The highest BCUT2D eigenvalue weighted by molar-refractivity contribution is 7.12. The zero-order valence-electron chi connectivity index (χ0n) is 10.4. The molecular formula is C14H16N2OS. The molecule has 0 unspecified atom stereocenters. The van der Waals surface area contributed by atoms with Crippen LogP contribution in [0.4, 0.5) is 0 Å². The van der Waals surface area contributed by atoms with Gasteiger partial charge in [0.2, 0.25) is 0 Å². The first-order valence-corrected chi connectivity index (χ1v) is 7.02. The van der Waals surface area contributed by atoms with Gasteiger partial charge in [-0.1, -0.05) is 12.1 Å². The lowest BCUT2D eigenvalue weighted by molar-refractivity contribution is 0.325. The summed E-state index contributed by atoms with van der Waals surface area (Å²) in [6.45, 7) is 3.47. The average molecular weight is 260 g/mol. The number of aryl methyl sites for hydroxylation is 1. The summed E-state index contributed by atoms with van der Waals surface area (Å²) in [6.07, 6.45) is 1.80. The highest BCUT2D eigenvalue weighted by atomic mass is 32.1. The highest BCUT2D eigenvalue weighted by Gasteiger charge is 2.20. The van der Waals surface area contributed by atoms with Crippen LogP contribution in [0.25, 0.3) is 11.3 Å². The molecule has 2 aromatic rings. The summed E-state index contributed by atoms with van der Waals surface area (Å²) < 4.78 is 5.86. The van der Waals surface area contributed by atoms with Gasteiger partial charge in [-0.05, 0) is 25.1 Å². The number of nitrogens with two attached hydrogens (primary N) is 1. The van der Waals surface area contributed by atoms with Crippen LogP contribution in [-0.4, -0.2) is 18.1 Å². The SMILES string of the molecule is Cc1cccc2c1OCCc1sc(CCN)nc1-2. The lowest BCUT2D eigenvalue weighted by Gasteiger charge is -2.09. The van der Waals surface area contributed by atoms with Crippen LogP contribution in [0.2, 0.25) is 0 Å². The summed E-state index contributed by atoms with van der Waals surface area (Å²) >= 11 is 1.77. The van der Waals surface area contributed by atoms with E-state index in [1.807, 2.05) is 0 Å². The molecule has 3 nitrogen and oxygen atoms in total. The van der Waals surface area contributed by atoms with Gasteiger partial charge in [0, 0.05) is 23.3 Å². The monoisotopic (exact) mass is 260 g/mol. The Labute approximate surface area is 111 Å². The topological polar surface area (TPSA) is 48.1 Å². The molecule has 4 heteroatoms. The van der Waals surface area contributed by atoms with Crippen molar-refractivity contribution >= 4 is 11.3 Å². The van der Waals surface area contributed by atoms with Crippen molar-refractivity contribution in [1.29, 1.82) is 0 Å². The normalized spacial score (nSPS) is 13.4. The predicted octanol–water partition coefficient (Wildman–Crippen LogP) is 2.55. The summed E-state index contributed by atoms with van der Waals surface area (Å²) in [6, 6.07) is 6.24. The minimum atomic E-state index is 0.656. The standard InChI is InChI=1S/C14H16N2OS/c1-9-3-2-4-10-13-11(6-8-17-14(9)10)18-12(16-13)5-7-15/h2-4H,5-8,15H2,1H3. The molecule has 0 saturated carbocycles. The van der Waals surface area contributed by atoms with Crippen LogP contribution in [0.15, 0.2) is 18.2 Å². The molecule has 0 spiro atoms. The molecule has 94 valence electrons. The van der Waals surface area contributed by atoms with E-state index in [4.69, 9.17) is 15.5 Å². The van der Waals surface area contributed by atoms with Gasteiger partial charge in [0.25, 0.3) is 0 Å². The second-order valence-electron chi connectivity index (χ2n) is 4.47. The molecule has 1 aliphatic rings. The molecule has 0 aliphatic carbocycles. The summed E-state index contributed by atoms with van der Waals surface area (Å²) in [7, 11) is 0. The molecule has 1 aromatic heterocycles. The molecule has 1 aromatic carbocycles. The molecule has 0 radical (unpaired) electrons. The Balaban J connectivity index is 2.14. The van der Waals surface area contributed by atoms with Crippen LogP contribution in [-0.2, 0) is 12.8 Å². The van der Waals surface area contributed by atoms with Crippen molar-refractivity contribution in [3.63, 3.8) is 0 Å². The maximum absolute atomic E-state index is 5.86. The Morgan fingerprint density at radius 2 is 2.33 bits per heavy atom. The minimum Gasteiger partial charge on any atom is -0.492 e. The molecule has 2 N–H and O–H groups in total. The Morgan fingerprint density at radius 3 is 3.17 bits per heavy atom.